The number of nitrogens with zero attached hydrogens (tertiary/aromatic N) is 5. The summed E-state index contributed by atoms with van der Waals surface area (Å²) in [7, 11) is 0. The van der Waals surface area contributed by atoms with Gasteiger partial charge in [0.15, 0.2) is 5.65 Å². The smallest absolute Gasteiger partial charge is 0.303 e. The first-order valence-corrected chi connectivity index (χ1v) is 13.4. The molecule has 1 aliphatic heterocycles. The molecular weight excluding hydrogens is 462 g/mol. The van der Waals surface area contributed by atoms with Crippen LogP contribution in [0.2, 0.25) is 0 Å². The van der Waals surface area contributed by atoms with Gasteiger partial charge < -0.3 is 10.0 Å². The number of anilines is 1. The monoisotopic (exact) mass is 495 g/mol. The van der Waals surface area contributed by atoms with Crippen molar-refractivity contribution in [3.63, 3.8) is 0 Å². The van der Waals surface area contributed by atoms with Crippen molar-refractivity contribution in [3.05, 3.63) is 77.6 Å². The highest BCUT2D eigenvalue weighted by Gasteiger charge is 2.28. The van der Waals surface area contributed by atoms with Crippen LogP contribution in [0.4, 0.5) is 5.82 Å². The van der Waals surface area contributed by atoms with Gasteiger partial charge in [0, 0.05) is 24.6 Å². The molecule has 7 nitrogen and oxygen atoms in total. The van der Waals surface area contributed by atoms with E-state index in [4.69, 9.17) is 15.2 Å². The highest BCUT2D eigenvalue weighted by Crippen LogP contribution is 2.38. The molecule has 4 aromatic rings. The molecular formula is C30H33N5O2. The van der Waals surface area contributed by atoms with Crippen LogP contribution in [0.5, 0.6) is 0 Å². The minimum Gasteiger partial charge on any atom is -0.481 e. The third-order valence-corrected chi connectivity index (χ3v) is 8.08. The van der Waals surface area contributed by atoms with E-state index in [1.165, 1.54) is 11.1 Å². The van der Waals surface area contributed by atoms with Gasteiger partial charge >= 0.3 is 5.97 Å². The molecule has 37 heavy (non-hydrogen) atoms. The van der Waals surface area contributed by atoms with Crippen LogP contribution >= 0.6 is 0 Å². The zero-order valence-electron chi connectivity index (χ0n) is 21.3. The molecule has 190 valence electrons. The standard InChI is InChI=1S/C30H33N5O2/c1-20-5-2-6-23(17-20)26-9-4-16-34(26)29-15-14-28-31-19-27(35(28)33-29)25-8-3-7-24(32-25)22-12-10-21(11-13-22)18-30(36)37/h2-3,5-8,14-15,17,19,21-22,26H,4,9-13,16,18H2,1H3,(H,36,37). The second kappa shape index (κ2) is 9.96. The molecule has 7 heteroatoms. The minimum atomic E-state index is -0.692. The lowest BCUT2D eigenvalue weighted by molar-refractivity contribution is -0.138. The molecule has 2 aliphatic rings. The molecule has 1 aromatic carbocycles. The van der Waals surface area contributed by atoms with Gasteiger partial charge in [0.05, 0.1) is 17.9 Å². The molecule has 1 unspecified atom stereocenters. The van der Waals surface area contributed by atoms with Crippen LogP contribution in [0.15, 0.2) is 60.8 Å². The average Bonchev–Trinajstić information content (AvgIpc) is 3.56. The molecule has 4 heterocycles. The van der Waals surface area contributed by atoms with E-state index < -0.39 is 5.97 Å². The van der Waals surface area contributed by atoms with E-state index in [1.807, 2.05) is 22.8 Å². The Hall–Kier alpha value is -3.74. The highest BCUT2D eigenvalue weighted by molar-refractivity contribution is 5.67. The summed E-state index contributed by atoms with van der Waals surface area (Å²) in [6.45, 7) is 3.13. The van der Waals surface area contributed by atoms with Gasteiger partial charge in [-0.25, -0.2) is 9.50 Å². The number of hydrogen-bond acceptors (Lipinski definition) is 5. The molecule has 0 bridgehead atoms. The lowest BCUT2D eigenvalue weighted by atomic mass is 9.79. The van der Waals surface area contributed by atoms with Crippen molar-refractivity contribution in [1.82, 2.24) is 19.6 Å². The molecule has 1 saturated heterocycles. The molecule has 0 spiro atoms. The van der Waals surface area contributed by atoms with Crippen LogP contribution < -0.4 is 4.90 Å². The number of fused-ring (bicyclic) bond motifs is 1. The number of pyridine rings is 1. The van der Waals surface area contributed by atoms with Crippen LogP contribution in [0, 0.1) is 12.8 Å². The molecule has 6 rings (SSSR count). The van der Waals surface area contributed by atoms with Crippen molar-refractivity contribution < 1.29 is 9.90 Å². The van der Waals surface area contributed by atoms with Crippen molar-refractivity contribution in [3.8, 4) is 11.4 Å². The van der Waals surface area contributed by atoms with Gasteiger partial charge in [-0.15, -0.1) is 5.10 Å². The van der Waals surface area contributed by atoms with Gasteiger partial charge in [-0.05, 0) is 81.2 Å². The number of hydrogen-bond donors (Lipinski definition) is 1. The van der Waals surface area contributed by atoms with Crippen molar-refractivity contribution in [1.29, 1.82) is 0 Å². The predicted molar refractivity (Wildman–Crippen MR) is 144 cm³/mol. The summed E-state index contributed by atoms with van der Waals surface area (Å²) in [6, 6.07) is 19.5. The summed E-state index contributed by atoms with van der Waals surface area (Å²) < 4.78 is 1.93. The van der Waals surface area contributed by atoms with Gasteiger partial charge in [-0.1, -0.05) is 35.9 Å². The molecule has 1 saturated carbocycles. The third kappa shape index (κ3) is 4.82. The van der Waals surface area contributed by atoms with Crippen LogP contribution in [0.1, 0.15) is 73.7 Å². The largest absolute Gasteiger partial charge is 0.481 e. The first kappa shape index (κ1) is 23.6. The van der Waals surface area contributed by atoms with Gasteiger partial charge in [0.1, 0.15) is 11.5 Å². The summed E-state index contributed by atoms with van der Waals surface area (Å²) in [6.07, 6.45) is 8.27. The van der Waals surface area contributed by atoms with Gasteiger partial charge in [0.2, 0.25) is 0 Å². The van der Waals surface area contributed by atoms with E-state index >= 15 is 0 Å². The van der Waals surface area contributed by atoms with Crippen molar-refractivity contribution in [2.75, 3.05) is 11.4 Å². The van der Waals surface area contributed by atoms with E-state index in [-0.39, 0.29) is 12.3 Å². The zero-order chi connectivity index (χ0) is 25.4. The van der Waals surface area contributed by atoms with Crippen LogP contribution in [-0.4, -0.2) is 37.2 Å². The Morgan fingerprint density at radius 1 is 1.03 bits per heavy atom. The molecule has 0 radical (unpaired) electrons. The summed E-state index contributed by atoms with van der Waals surface area (Å²) in [5.41, 5.74) is 6.29. The number of aromatic nitrogens is 4. The van der Waals surface area contributed by atoms with Crippen LogP contribution in [0.25, 0.3) is 17.0 Å². The fourth-order valence-electron chi connectivity index (χ4n) is 6.19. The second-order valence-electron chi connectivity index (χ2n) is 10.6. The number of carbonyl (C=O) groups is 1. The summed E-state index contributed by atoms with van der Waals surface area (Å²) in [5, 5.41) is 14.2. The lowest BCUT2D eigenvalue weighted by Gasteiger charge is -2.27. The Morgan fingerprint density at radius 2 is 1.86 bits per heavy atom. The van der Waals surface area contributed by atoms with Crippen molar-refractivity contribution >= 4 is 17.4 Å². The fourth-order valence-corrected chi connectivity index (χ4v) is 6.19. The Morgan fingerprint density at radius 3 is 2.68 bits per heavy atom. The molecule has 1 N–H and O–H groups in total. The Kier molecular flexibility index (Phi) is 6.37. The van der Waals surface area contributed by atoms with E-state index in [2.05, 4.69) is 59.3 Å². The predicted octanol–water partition coefficient (Wildman–Crippen LogP) is 6.19. The van der Waals surface area contributed by atoms with Crippen molar-refractivity contribution in [2.24, 2.45) is 5.92 Å². The number of carboxylic acids is 1. The number of rotatable bonds is 6. The summed E-state index contributed by atoms with van der Waals surface area (Å²) >= 11 is 0. The Labute approximate surface area is 217 Å². The quantitative estimate of drug-likeness (QED) is 0.343. The maximum absolute atomic E-state index is 11.1. The van der Waals surface area contributed by atoms with Gasteiger partial charge in [-0.2, -0.15) is 0 Å². The van der Waals surface area contributed by atoms with E-state index in [9.17, 15) is 4.79 Å². The number of aliphatic carboxylic acids is 1. The lowest BCUT2D eigenvalue weighted by Crippen LogP contribution is -2.24. The van der Waals surface area contributed by atoms with Crippen LogP contribution in [0.3, 0.4) is 0 Å². The van der Waals surface area contributed by atoms with Gasteiger partial charge in [-0.3, -0.25) is 9.78 Å². The minimum absolute atomic E-state index is 0.276. The highest BCUT2D eigenvalue weighted by atomic mass is 16.4. The third-order valence-electron chi connectivity index (χ3n) is 8.08. The maximum atomic E-state index is 11.1. The first-order chi connectivity index (χ1) is 18.0. The van der Waals surface area contributed by atoms with E-state index in [0.29, 0.717) is 12.0 Å². The van der Waals surface area contributed by atoms with Crippen molar-refractivity contribution in [2.45, 2.75) is 63.8 Å². The summed E-state index contributed by atoms with van der Waals surface area (Å²) in [4.78, 5) is 23.2. The second-order valence-corrected chi connectivity index (χ2v) is 10.6. The fraction of sp³-hybridized carbons (Fsp3) is 0.400. The molecule has 2 fully saturated rings. The number of carboxylic acid groups (broad SMARTS) is 1. The molecule has 3 aromatic heterocycles. The number of aryl methyl sites for hydroxylation is 1. The molecule has 1 atom stereocenters. The Bertz CT molecular complexity index is 1420. The normalized spacial score (nSPS) is 22.0. The summed E-state index contributed by atoms with van der Waals surface area (Å²) in [5.74, 6) is 0.922. The SMILES string of the molecule is Cc1cccc(C2CCCN2c2ccc3ncc(-c4cccc(C5CCC(CC(=O)O)CC5)n4)n3n2)c1. The number of imidazole rings is 1. The maximum Gasteiger partial charge on any atom is 0.303 e. The topological polar surface area (TPSA) is 83.6 Å². The van der Waals surface area contributed by atoms with Crippen LogP contribution in [-0.2, 0) is 4.79 Å². The van der Waals surface area contributed by atoms with E-state index in [1.54, 1.807) is 0 Å². The van der Waals surface area contributed by atoms with Gasteiger partial charge in [0.25, 0.3) is 0 Å². The molecule has 0 amide bonds. The molecule has 1 aliphatic carbocycles. The Balaban J connectivity index is 1.27. The zero-order valence-corrected chi connectivity index (χ0v) is 21.3. The first-order valence-electron chi connectivity index (χ1n) is 13.4. The number of benzene rings is 1. The van der Waals surface area contributed by atoms with E-state index in [0.717, 1.165) is 73.6 Å². The average molecular weight is 496 g/mol.